The lowest BCUT2D eigenvalue weighted by molar-refractivity contribution is -0.123. The average Bonchev–Trinajstić information content (AvgIpc) is 2.61. The van der Waals surface area contributed by atoms with Crippen LogP contribution in [0, 0.1) is 0 Å². The Balaban J connectivity index is 0.00000208. The molecule has 0 spiro atoms. The van der Waals surface area contributed by atoms with E-state index in [0.29, 0.717) is 0 Å². The lowest BCUT2D eigenvalue weighted by Gasteiger charge is -2.25. The lowest BCUT2D eigenvalue weighted by Crippen LogP contribution is -2.46. The fourth-order valence-corrected chi connectivity index (χ4v) is 3.09. The van der Waals surface area contributed by atoms with Crippen molar-refractivity contribution in [3.63, 3.8) is 0 Å². The van der Waals surface area contributed by atoms with Gasteiger partial charge in [0.05, 0.1) is 13.0 Å². The number of carbonyl (C=O) groups excluding carboxylic acids is 1. The third kappa shape index (κ3) is 4.19. The molecule has 1 fully saturated rings. The van der Waals surface area contributed by atoms with Crippen molar-refractivity contribution in [3.8, 4) is 5.75 Å². The highest BCUT2D eigenvalue weighted by Gasteiger charge is 2.20. The molecule has 2 atom stereocenters. The van der Waals surface area contributed by atoms with Gasteiger partial charge in [-0.3, -0.25) is 4.79 Å². The van der Waals surface area contributed by atoms with Gasteiger partial charge in [-0.25, -0.2) is 0 Å². The predicted molar refractivity (Wildman–Crippen MR) is 100 cm³/mol. The minimum atomic E-state index is -0.150. The van der Waals surface area contributed by atoms with E-state index in [0.717, 1.165) is 48.0 Å². The molecule has 1 heterocycles. The molecule has 24 heavy (non-hydrogen) atoms. The normalized spacial score (nSPS) is 18.5. The molecule has 0 bridgehead atoms. The molecule has 0 aromatic heterocycles. The number of ether oxygens (including phenoxy) is 1. The van der Waals surface area contributed by atoms with E-state index in [4.69, 9.17) is 4.74 Å². The summed E-state index contributed by atoms with van der Waals surface area (Å²) in [4.78, 5) is 12.5. The molecular formula is C19H25ClN2O2. The molecule has 1 aliphatic rings. The molecule has 5 heteroatoms. The van der Waals surface area contributed by atoms with Crippen LogP contribution in [0.15, 0.2) is 36.4 Å². The average molecular weight is 349 g/mol. The summed E-state index contributed by atoms with van der Waals surface area (Å²) in [5.74, 6) is 0.802. The van der Waals surface area contributed by atoms with E-state index < -0.39 is 0 Å². The second-order valence-electron chi connectivity index (χ2n) is 6.25. The van der Waals surface area contributed by atoms with E-state index in [1.54, 1.807) is 7.11 Å². The van der Waals surface area contributed by atoms with Crippen molar-refractivity contribution >= 4 is 29.1 Å². The summed E-state index contributed by atoms with van der Waals surface area (Å²) in [7, 11) is 1.67. The number of halogens is 1. The Morgan fingerprint density at radius 3 is 2.71 bits per heavy atom. The third-order valence-electron chi connectivity index (χ3n) is 4.61. The van der Waals surface area contributed by atoms with Crippen LogP contribution in [0.5, 0.6) is 5.75 Å². The van der Waals surface area contributed by atoms with Gasteiger partial charge in [0.2, 0.25) is 5.91 Å². The van der Waals surface area contributed by atoms with Gasteiger partial charge in [-0.2, -0.15) is 0 Å². The highest BCUT2D eigenvalue weighted by molar-refractivity contribution is 5.88. The Morgan fingerprint density at radius 1 is 1.25 bits per heavy atom. The number of rotatable bonds is 4. The number of amides is 1. The number of hydrogen-bond donors (Lipinski definition) is 2. The fraction of sp³-hybridized carbons (Fsp3) is 0.421. The van der Waals surface area contributed by atoms with Crippen LogP contribution in [0.1, 0.15) is 31.2 Å². The molecule has 2 unspecified atom stereocenters. The first-order valence-corrected chi connectivity index (χ1v) is 8.26. The van der Waals surface area contributed by atoms with Gasteiger partial charge in [0.15, 0.2) is 0 Å². The van der Waals surface area contributed by atoms with Crippen molar-refractivity contribution in [1.29, 1.82) is 0 Å². The van der Waals surface area contributed by atoms with Gasteiger partial charge in [-0.1, -0.05) is 24.3 Å². The summed E-state index contributed by atoms with van der Waals surface area (Å²) in [6, 6.07) is 12.4. The monoisotopic (exact) mass is 348 g/mol. The molecule has 1 amide bonds. The minimum absolute atomic E-state index is 0. The quantitative estimate of drug-likeness (QED) is 0.891. The lowest BCUT2D eigenvalue weighted by atomic mass is 9.96. The van der Waals surface area contributed by atoms with Crippen LogP contribution < -0.4 is 15.4 Å². The topological polar surface area (TPSA) is 50.4 Å². The number of carbonyl (C=O) groups is 1. The molecule has 0 radical (unpaired) electrons. The van der Waals surface area contributed by atoms with Crippen LogP contribution in [0.3, 0.4) is 0 Å². The van der Waals surface area contributed by atoms with Gasteiger partial charge >= 0.3 is 0 Å². The van der Waals surface area contributed by atoms with Gasteiger partial charge in [0.25, 0.3) is 0 Å². The standard InChI is InChI=1S/C19H24N2O2.ClH/c1-13(19(22)21-17-4-3-9-20-12-17)14-5-6-16-11-18(23-2)8-7-15(16)10-14;/h5-8,10-11,13,17,20H,3-4,9,12H2,1-2H3,(H,21,22);1H. The van der Waals surface area contributed by atoms with E-state index in [9.17, 15) is 4.79 Å². The number of piperidine rings is 1. The zero-order valence-electron chi connectivity index (χ0n) is 14.2. The van der Waals surface area contributed by atoms with Crippen molar-refractivity contribution in [2.75, 3.05) is 20.2 Å². The molecule has 0 aliphatic carbocycles. The zero-order valence-corrected chi connectivity index (χ0v) is 15.0. The third-order valence-corrected chi connectivity index (χ3v) is 4.61. The Kier molecular flexibility index (Phi) is 6.46. The van der Waals surface area contributed by atoms with Crippen LogP contribution in [0.25, 0.3) is 10.8 Å². The number of nitrogens with one attached hydrogen (secondary N) is 2. The second kappa shape index (κ2) is 8.36. The van der Waals surface area contributed by atoms with E-state index in [1.165, 1.54) is 0 Å². The first-order chi connectivity index (χ1) is 11.2. The smallest absolute Gasteiger partial charge is 0.227 e. The summed E-state index contributed by atoms with van der Waals surface area (Å²) in [5, 5.41) is 8.74. The zero-order chi connectivity index (χ0) is 16.2. The molecule has 2 aromatic rings. The molecule has 1 saturated heterocycles. The van der Waals surface area contributed by atoms with Crippen molar-refractivity contribution < 1.29 is 9.53 Å². The van der Waals surface area contributed by atoms with Crippen LogP contribution in [-0.4, -0.2) is 32.1 Å². The largest absolute Gasteiger partial charge is 0.497 e. The van der Waals surface area contributed by atoms with E-state index in [-0.39, 0.29) is 30.3 Å². The van der Waals surface area contributed by atoms with Crippen LogP contribution >= 0.6 is 12.4 Å². The second-order valence-corrected chi connectivity index (χ2v) is 6.25. The highest BCUT2D eigenvalue weighted by atomic mass is 35.5. The predicted octanol–water partition coefficient (Wildman–Crippen LogP) is 3.24. The van der Waals surface area contributed by atoms with Gasteiger partial charge in [0.1, 0.15) is 5.75 Å². The Hall–Kier alpha value is -1.78. The van der Waals surface area contributed by atoms with Crippen molar-refractivity contribution in [2.45, 2.75) is 31.7 Å². The minimum Gasteiger partial charge on any atom is -0.497 e. The summed E-state index contributed by atoms with van der Waals surface area (Å²) in [6.45, 7) is 3.89. The Bertz CT molecular complexity index is 699. The van der Waals surface area contributed by atoms with Crippen molar-refractivity contribution in [2.24, 2.45) is 0 Å². The molecular weight excluding hydrogens is 324 g/mol. The van der Waals surface area contributed by atoms with E-state index >= 15 is 0 Å². The molecule has 4 nitrogen and oxygen atoms in total. The van der Waals surface area contributed by atoms with Gasteiger partial charge in [0, 0.05) is 12.6 Å². The summed E-state index contributed by atoms with van der Waals surface area (Å²) in [5.41, 5.74) is 1.05. The maximum Gasteiger partial charge on any atom is 0.227 e. The molecule has 130 valence electrons. The molecule has 2 N–H and O–H groups in total. The number of fused-ring (bicyclic) bond motifs is 1. The summed E-state index contributed by atoms with van der Waals surface area (Å²) < 4.78 is 5.25. The number of methoxy groups -OCH3 is 1. The molecule has 2 aromatic carbocycles. The maximum absolute atomic E-state index is 12.5. The van der Waals surface area contributed by atoms with Crippen LogP contribution in [0.2, 0.25) is 0 Å². The Labute approximate surface area is 149 Å². The van der Waals surface area contributed by atoms with Crippen LogP contribution in [-0.2, 0) is 4.79 Å². The van der Waals surface area contributed by atoms with Crippen molar-refractivity contribution in [3.05, 3.63) is 42.0 Å². The summed E-state index contributed by atoms with van der Waals surface area (Å²) in [6.07, 6.45) is 2.18. The van der Waals surface area contributed by atoms with Crippen LogP contribution in [0.4, 0.5) is 0 Å². The summed E-state index contributed by atoms with van der Waals surface area (Å²) >= 11 is 0. The molecule has 3 rings (SSSR count). The fourth-order valence-electron chi connectivity index (χ4n) is 3.09. The SMILES string of the molecule is COc1ccc2cc(C(C)C(=O)NC3CCCNC3)ccc2c1.Cl. The Morgan fingerprint density at radius 2 is 2.00 bits per heavy atom. The van der Waals surface area contributed by atoms with E-state index in [1.807, 2.05) is 31.2 Å². The van der Waals surface area contributed by atoms with Crippen molar-refractivity contribution in [1.82, 2.24) is 10.6 Å². The van der Waals surface area contributed by atoms with E-state index in [2.05, 4.69) is 22.8 Å². The first-order valence-electron chi connectivity index (χ1n) is 8.26. The van der Waals surface area contributed by atoms with Gasteiger partial charge in [-0.15, -0.1) is 12.4 Å². The van der Waals surface area contributed by atoms with Gasteiger partial charge in [-0.05, 0) is 54.8 Å². The number of hydrogen-bond acceptors (Lipinski definition) is 3. The molecule has 0 saturated carbocycles. The number of benzene rings is 2. The van der Waals surface area contributed by atoms with Gasteiger partial charge < -0.3 is 15.4 Å². The molecule has 1 aliphatic heterocycles. The maximum atomic E-state index is 12.5. The highest BCUT2D eigenvalue weighted by Crippen LogP contribution is 2.25. The first kappa shape index (κ1) is 18.6.